The van der Waals surface area contributed by atoms with Crippen molar-refractivity contribution in [2.45, 2.75) is 26.2 Å². The van der Waals surface area contributed by atoms with Gasteiger partial charge in [0.15, 0.2) is 5.75 Å². The smallest absolute Gasteiger partial charge is 0.437 e. The van der Waals surface area contributed by atoms with E-state index in [0.717, 1.165) is 5.56 Å². The first-order chi connectivity index (χ1) is 7.75. The maximum atomic E-state index is 11.0. The topological polar surface area (TPSA) is 61.5 Å². The Morgan fingerprint density at radius 2 is 1.94 bits per heavy atom. The number of nitrogen functional groups attached to an aromatic ring is 1. The Morgan fingerprint density at radius 3 is 2.41 bits per heavy atom. The standard InChI is InChI=1S/C12H16BrNO3/c1-12(2,3)7-5-8(13)10(6-9(7)14)17-11(15)16-4/h5-6H,14H2,1-4H3. The second-order valence-corrected chi connectivity index (χ2v) is 5.53. The van der Waals surface area contributed by atoms with Crippen LogP contribution in [-0.2, 0) is 10.2 Å². The van der Waals surface area contributed by atoms with Crippen molar-refractivity contribution < 1.29 is 14.3 Å². The number of carbonyl (C=O) groups is 1. The molecule has 4 nitrogen and oxygen atoms in total. The lowest BCUT2D eigenvalue weighted by Crippen LogP contribution is -2.15. The van der Waals surface area contributed by atoms with Crippen LogP contribution in [0.4, 0.5) is 10.5 Å². The molecule has 0 bridgehead atoms. The van der Waals surface area contributed by atoms with E-state index in [-0.39, 0.29) is 5.41 Å². The molecule has 0 fully saturated rings. The molecule has 0 saturated heterocycles. The van der Waals surface area contributed by atoms with E-state index in [1.54, 1.807) is 6.07 Å². The molecule has 0 aliphatic rings. The molecule has 0 aliphatic carbocycles. The summed E-state index contributed by atoms with van der Waals surface area (Å²) in [5.74, 6) is 0.349. The van der Waals surface area contributed by atoms with Crippen LogP contribution in [0.2, 0.25) is 0 Å². The number of carbonyl (C=O) groups excluding carboxylic acids is 1. The summed E-state index contributed by atoms with van der Waals surface area (Å²) in [5.41, 5.74) is 7.44. The van der Waals surface area contributed by atoms with Crippen molar-refractivity contribution in [2.24, 2.45) is 0 Å². The number of hydrogen-bond donors (Lipinski definition) is 1. The minimum atomic E-state index is -0.770. The molecule has 0 aromatic heterocycles. The average molecular weight is 302 g/mol. The van der Waals surface area contributed by atoms with Gasteiger partial charge in [0.1, 0.15) is 0 Å². The highest BCUT2D eigenvalue weighted by Crippen LogP contribution is 2.36. The third-order valence-corrected chi connectivity index (χ3v) is 2.89. The van der Waals surface area contributed by atoms with Crippen molar-refractivity contribution in [3.05, 3.63) is 22.2 Å². The summed E-state index contributed by atoms with van der Waals surface area (Å²) in [6.45, 7) is 6.18. The Morgan fingerprint density at radius 1 is 1.35 bits per heavy atom. The van der Waals surface area contributed by atoms with Gasteiger partial charge in [0.2, 0.25) is 0 Å². The zero-order valence-corrected chi connectivity index (χ0v) is 11.9. The van der Waals surface area contributed by atoms with E-state index < -0.39 is 6.16 Å². The number of ether oxygens (including phenoxy) is 2. The van der Waals surface area contributed by atoms with Gasteiger partial charge in [0, 0.05) is 11.8 Å². The first kappa shape index (κ1) is 13.8. The molecule has 0 amide bonds. The molecule has 0 unspecified atom stereocenters. The molecule has 5 heteroatoms. The van der Waals surface area contributed by atoms with Crippen molar-refractivity contribution in [1.82, 2.24) is 0 Å². The molecule has 0 spiro atoms. The molecule has 0 atom stereocenters. The second-order valence-electron chi connectivity index (χ2n) is 4.68. The maximum absolute atomic E-state index is 11.0. The van der Waals surface area contributed by atoms with Crippen molar-refractivity contribution in [1.29, 1.82) is 0 Å². The molecule has 0 aliphatic heterocycles. The van der Waals surface area contributed by atoms with E-state index in [4.69, 9.17) is 10.5 Å². The van der Waals surface area contributed by atoms with E-state index in [1.807, 2.05) is 6.07 Å². The fraction of sp³-hybridized carbons (Fsp3) is 0.417. The molecule has 1 rings (SSSR count). The highest BCUT2D eigenvalue weighted by molar-refractivity contribution is 9.10. The van der Waals surface area contributed by atoms with Crippen molar-refractivity contribution in [2.75, 3.05) is 12.8 Å². The van der Waals surface area contributed by atoms with Gasteiger partial charge < -0.3 is 15.2 Å². The molecular weight excluding hydrogens is 286 g/mol. The zero-order valence-electron chi connectivity index (χ0n) is 10.3. The van der Waals surface area contributed by atoms with Crippen LogP contribution in [0.15, 0.2) is 16.6 Å². The van der Waals surface area contributed by atoms with Crippen LogP contribution in [0.3, 0.4) is 0 Å². The van der Waals surface area contributed by atoms with Crippen LogP contribution >= 0.6 is 15.9 Å². The van der Waals surface area contributed by atoms with Crippen LogP contribution in [0.1, 0.15) is 26.3 Å². The van der Waals surface area contributed by atoms with Crippen LogP contribution in [-0.4, -0.2) is 13.3 Å². The number of rotatable bonds is 1. The summed E-state index contributed by atoms with van der Waals surface area (Å²) >= 11 is 3.34. The SMILES string of the molecule is COC(=O)Oc1cc(N)c(C(C)(C)C)cc1Br. The minimum absolute atomic E-state index is 0.0730. The van der Waals surface area contributed by atoms with Crippen LogP contribution in [0.5, 0.6) is 5.75 Å². The molecular formula is C12H16BrNO3. The summed E-state index contributed by atoms with van der Waals surface area (Å²) in [7, 11) is 1.25. The van der Waals surface area contributed by atoms with Gasteiger partial charge in [-0.2, -0.15) is 0 Å². The summed E-state index contributed by atoms with van der Waals surface area (Å²) < 4.78 is 10.0. The summed E-state index contributed by atoms with van der Waals surface area (Å²) in [4.78, 5) is 11.0. The second kappa shape index (κ2) is 4.96. The maximum Gasteiger partial charge on any atom is 0.513 e. The molecule has 1 aromatic rings. The number of halogens is 1. The highest BCUT2D eigenvalue weighted by Gasteiger charge is 2.20. The normalized spacial score (nSPS) is 11.1. The average Bonchev–Trinajstić information content (AvgIpc) is 2.21. The monoisotopic (exact) mass is 301 g/mol. The van der Waals surface area contributed by atoms with Gasteiger partial charge in [-0.25, -0.2) is 4.79 Å². The minimum Gasteiger partial charge on any atom is -0.437 e. The van der Waals surface area contributed by atoms with Crippen LogP contribution in [0.25, 0.3) is 0 Å². The van der Waals surface area contributed by atoms with E-state index in [2.05, 4.69) is 41.4 Å². The number of nitrogens with two attached hydrogens (primary N) is 1. The van der Waals surface area contributed by atoms with Gasteiger partial charge in [-0.3, -0.25) is 0 Å². The quantitative estimate of drug-likeness (QED) is 0.490. The Hall–Kier alpha value is -1.23. The van der Waals surface area contributed by atoms with Gasteiger partial charge in [0.05, 0.1) is 11.6 Å². The van der Waals surface area contributed by atoms with E-state index in [9.17, 15) is 4.79 Å². The van der Waals surface area contributed by atoms with E-state index in [0.29, 0.717) is 15.9 Å². The lowest BCUT2D eigenvalue weighted by molar-refractivity contribution is 0.121. The van der Waals surface area contributed by atoms with Crippen LogP contribution < -0.4 is 10.5 Å². The number of anilines is 1. The largest absolute Gasteiger partial charge is 0.513 e. The van der Waals surface area contributed by atoms with Crippen LogP contribution in [0, 0.1) is 0 Å². The molecule has 0 saturated carbocycles. The fourth-order valence-corrected chi connectivity index (χ4v) is 1.85. The lowest BCUT2D eigenvalue weighted by Gasteiger charge is -2.22. The molecule has 2 N–H and O–H groups in total. The fourth-order valence-electron chi connectivity index (χ4n) is 1.43. The van der Waals surface area contributed by atoms with Gasteiger partial charge >= 0.3 is 6.16 Å². The van der Waals surface area contributed by atoms with Crippen molar-refractivity contribution >= 4 is 27.8 Å². The van der Waals surface area contributed by atoms with Gasteiger partial charge in [0.25, 0.3) is 0 Å². The number of hydrogen-bond acceptors (Lipinski definition) is 4. The molecule has 94 valence electrons. The summed E-state index contributed by atoms with van der Waals surface area (Å²) in [6, 6.07) is 3.47. The summed E-state index contributed by atoms with van der Waals surface area (Å²) in [5, 5.41) is 0. The first-order valence-corrected chi connectivity index (χ1v) is 5.90. The van der Waals surface area contributed by atoms with Crippen molar-refractivity contribution in [3.63, 3.8) is 0 Å². The summed E-state index contributed by atoms with van der Waals surface area (Å²) in [6.07, 6.45) is -0.770. The molecule has 0 heterocycles. The number of benzene rings is 1. The molecule has 17 heavy (non-hydrogen) atoms. The van der Waals surface area contributed by atoms with Gasteiger partial charge in [-0.1, -0.05) is 20.8 Å². The van der Waals surface area contributed by atoms with Gasteiger partial charge in [-0.05, 0) is 33.0 Å². The predicted molar refractivity (Wildman–Crippen MR) is 70.3 cm³/mol. The third-order valence-electron chi connectivity index (χ3n) is 2.27. The van der Waals surface area contributed by atoms with E-state index >= 15 is 0 Å². The Bertz CT molecular complexity index is 438. The number of methoxy groups -OCH3 is 1. The van der Waals surface area contributed by atoms with Gasteiger partial charge in [-0.15, -0.1) is 0 Å². The predicted octanol–water partition coefficient (Wildman–Crippen LogP) is 3.47. The zero-order chi connectivity index (χ0) is 13.2. The molecule has 1 aromatic carbocycles. The Labute approximate surface area is 109 Å². The molecule has 0 radical (unpaired) electrons. The Kier molecular flexibility index (Phi) is 4.03. The lowest BCUT2D eigenvalue weighted by atomic mass is 9.86. The Balaban J connectivity index is 3.14. The third kappa shape index (κ3) is 3.36. The van der Waals surface area contributed by atoms with Crippen molar-refractivity contribution in [3.8, 4) is 5.75 Å². The highest BCUT2D eigenvalue weighted by atomic mass is 79.9. The first-order valence-electron chi connectivity index (χ1n) is 5.11. The van der Waals surface area contributed by atoms with E-state index in [1.165, 1.54) is 7.11 Å².